The van der Waals surface area contributed by atoms with Crippen LogP contribution in [-0.4, -0.2) is 17.7 Å². The predicted molar refractivity (Wildman–Crippen MR) is 57.4 cm³/mol. The fourth-order valence-corrected chi connectivity index (χ4v) is 1.38. The van der Waals surface area contributed by atoms with Crippen molar-refractivity contribution in [3.05, 3.63) is 29.8 Å². The van der Waals surface area contributed by atoms with E-state index in [2.05, 4.69) is 9.47 Å². The van der Waals surface area contributed by atoms with Gasteiger partial charge in [0.1, 0.15) is 5.75 Å². The number of rotatable bonds is 4. The van der Waals surface area contributed by atoms with Gasteiger partial charge in [-0.05, 0) is 23.7 Å². The van der Waals surface area contributed by atoms with Crippen molar-refractivity contribution >= 4 is 22.9 Å². The molecule has 104 valence electrons. The van der Waals surface area contributed by atoms with Crippen LogP contribution in [0.2, 0.25) is 0 Å². The van der Waals surface area contributed by atoms with Crippen molar-refractivity contribution in [2.24, 2.45) is 5.73 Å². The number of nitrogens with two attached hydrogens (primary N) is 1. The predicted octanol–water partition coefficient (Wildman–Crippen LogP) is 2.49. The molecular formula is C10H7ClF3NO4. The van der Waals surface area contributed by atoms with E-state index in [0.717, 1.165) is 24.3 Å². The molecule has 1 aromatic rings. The summed E-state index contributed by atoms with van der Waals surface area (Å²) in [7, 11) is 0. The first-order valence-corrected chi connectivity index (χ1v) is 5.08. The zero-order valence-corrected chi connectivity index (χ0v) is 9.86. The van der Waals surface area contributed by atoms with Crippen LogP contribution in [0.3, 0.4) is 0 Å². The zero-order valence-electron chi connectivity index (χ0n) is 9.11. The van der Waals surface area contributed by atoms with Gasteiger partial charge in [0, 0.05) is 5.56 Å². The average Bonchev–Trinajstić information content (AvgIpc) is 2.24. The van der Waals surface area contributed by atoms with Crippen LogP contribution in [0.5, 0.6) is 5.75 Å². The van der Waals surface area contributed by atoms with Gasteiger partial charge >= 0.3 is 12.5 Å². The van der Waals surface area contributed by atoms with E-state index >= 15 is 0 Å². The maximum absolute atomic E-state index is 11.9. The molecule has 1 aromatic carbocycles. The number of benzene rings is 1. The summed E-state index contributed by atoms with van der Waals surface area (Å²) in [6.07, 6.45) is -7.55. The van der Waals surface area contributed by atoms with Gasteiger partial charge in [0.15, 0.2) is 0 Å². The van der Waals surface area contributed by atoms with E-state index in [4.69, 9.17) is 17.3 Å². The Kier molecular flexibility index (Phi) is 4.60. The molecule has 0 radical (unpaired) electrons. The number of carbonyl (C=O) groups excluding carboxylic acids is 2. The lowest BCUT2D eigenvalue weighted by molar-refractivity contribution is -0.274. The van der Waals surface area contributed by atoms with Gasteiger partial charge in [0.05, 0.1) is 0 Å². The Labute approximate surface area is 110 Å². The minimum Gasteiger partial charge on any atom is -0.432 e. The summed E-state index contributed by atoms with van der Waals surface area (Å²) < 4.78 is 43.8. The summed E-state index contributed by atoms with van der Waals surface area (Å²) in [5.74, 6) is -0.490. The van der Waals surface area contributed by atoms with Gasteiger partial charge in [-0.1, -0.05) is 12.1 Å². The average molecular weight is 298 g/mol. The fourth-order valence-electron chi connectivity index (χ4n) is 1.21. The Morgan fingerprint density at radius 1 is 1.21 bits per heavy atom. The van der Waals surface area contributed by atoms with E-state index in [1.54, 1.807) is 0 Å². The van der Waals surface area contributed by atoms with Crippen LogP contribution in [0.15, 0.2) is 24.3 Å². The molecule has 5 nitrogen and oxygen atoms in total. The van der Waals surface area contributed by atoms with Crippen molar-refractivity contribution in [3.63, 3.8) is 0 Å². The number of hydrogen-bond acceptors (Lipinski definition) is 4. The Hall–Kier alpha value is -1.96. The minimum atomic E-state index is -4.83. The van der Waals surface area contributed by atoms with Gasteiger partial charge in [-0.3, -0.25) is 4.79 Å². The molecule has 1 rings (SSSR count). The number of hydrogen-bond donors (Lipinski definition) is 1. The van der Waals surface area contributed by atoms with Crippen molar-refractivity contribution in [3.8, 4) is 5.75 Å². The number of alkyl halides is 3. The molecule has 0 saturated carbocycles. The topological polar surface area (TPSA) is 78.6 Å². The van der Waals surface area contributed by atoms with Gasteiger partial charge < -0.3 is 15.2 Å². The molecule has 0 heterocycles. The van der Waals surface area contributed by atoms with Crippen LogP contribution in [0.25, 0.3) is 0 Å². The second-order valence-corrected chi connectivity index (χ2v) is 3.61. The molecule has 9 heteroatoms. The number of primary amides is 1. The molecule has 1 unspecified atom stereocenters. The van der Waals surface area contributed by atoms with Crippen molar-refractivity contribution < 1.29 is 32.2 Å². The Bertz CT molecular complexity index is 475. The summed E-state index contributed by atoms with van der Waals surface area (Å²) in [5, 5.41) is -1.04. The summed E-state index contributed by atoms with van der Waals surface area (Å²) in [5.41, 5.74) is 4.80. The highest BCUT2D eigenvalue weighted by Crippen LogP contribution is 2.26. The normalized spacial score (nSPS) is 12.6. The fraction of sp³-hybridized carbons (Fsp3) is 0.200. The molecule has 0 aliphatic carbocycles. The van der Waals surface area contributed by atoms with Crippen molar-refractivity contribution in [2.75, 3.05) is 0 Å². The summed E-state index contributed by atoms with van der Waals surface area (Å²) in [6, 6.07) is 4.07. The molecule has 0 spiro atoms. The SMILES string of the molecule is NC(=O)OC(C(=O)Cl)c1ccc(OC(F)(F)F)cc1. The molecule has 0 saturated heterocycles. The van der Waals surface area contributed by atoms with Crippen LogP contribution < -0.4 is 10.5 Å². The first-order chi connectivity index (χ1) is 8.69. The van der Waals surface area contributed by atoms with Crippen LogP contribution in [0, 0.1) is 0 Å². The molecule has 0 bridgehead atoms. The molecule has 0 fully saturated rings. The number of carbonyl (C=O) groups is 2. The Morgan fingerprint density at radius 3 is 2.11 bits per heavy atom. The summed E-state index contributed by atoms with van der Waals surface area (Å²) in [4.78, 5) is 21.6. The maximum Gasteiger partial charge on any atom is 0.573 e. The first-order valence-electron chi connectivity index (χ1n) is 4.70. The largest absolute Gasteiger partial charge is 0.573 e. The standard InChI is InChI=1S/C10H7ClF3NO4/c11-8(16)7(18-9(15)17)5-1-3-6(4-2-5)19-10(12,13)14/h1-4,7H,(H2,15,17). The van der Waals surface area contributed by atoms with Gasteiger partial charge in [0.2, 0.25) is 6.10 Å². The van der Waals surface area contributed by atoms with Gasteiger partial charge in [-0.2, -0.15) is 0 Å². The second-order valence-electron chi connectivity index (χ2n) is 3.24. The van der Waals surface area contributed by atoms with Crippen molar-refractivity contribution in [1.82, 2.24) is 0 Å². The van der Waals surface area contributed by atoms with E-state index < -0.39 is 29.6 Å². The monoisotopic (exact) mass is 297 g/mol. The minimum absolute atomic E-state index is 0.0633. The molecule has 0 aliphatic heterocycles. The second kappa shape index (κ2) is 5.79. The smallest absolute Gasteiger partial charge is 0.432 e. The van der Waals surface area contributed by atoms with E-state index in [0.29, 0.717) is 0 Å². The van der Waals surface area contributed by atoms with Crippen molar-refractivity contribution in [2.45, 2.75) is 12.5 Å². The van der Waals surface area contributed by atoms with E-state index in [9.17, 15) is 22.8 Å². The summed E-state index contributed by atoms with van der Waals surface area (Å²) >= 11 is 5.19. The molecule has 0 aromatic heterocycles. The third-order valence-corrected chi connectivity index (χ3v) is 2.05. The highest BCUT2D eigenvalue weighted by molar-refractivity contribution is 6.64. The van der Waals surface area contributed by atoms with E-state index in [1.807, 2.05) is 0 Å². The lowest BCUT2D eigenvalue weighted by Crippen LogP contribution is -2.21. The molecule has 19 heavy (non-hydrogen) atoms. The molecule has 2 N–H and O–H groups in total. The molecule has 0 aliphatic rings. The number of halogens is 4. The van der Waals surface area contributed by atoms with Crippen LogP contribution in [0.1, 0.15) is 11.7 Å². The quantitative estimate of drug-likeness (QED) is 0.866. The van der Waals surface area contributed by atoms with Crippen molar-refractivity contribution in [1.29, 1.82) is 0 Å². The van der Waals surface area contributed by atoms with Crippen LogP contribution >= 0.6 is 11.6 Å². The first kappa shape index (κ1) is 15.1. The van der Waals surface area contributed by atoms with Gasteiger partial charge in [0.25, 0.3) is 5.24 Å². The summed E-state index contributed by atoms with van der Waals surface area (Å²) in [6.45, 7) is 0. The van der Waals surface area contributed by atoms with Crippen LogP contribution in [-0.2, 0) is 9.53 Å². The molecule has 1 atom stereocenters. The maximum atomic E-state index is 11.9. The lowest BCUT2D eigenvalue weighted by atomic mass is 10.1. The highest BCUT2D eigenvalue weighted by atomic mass is 35.5. The van der Waals surface area contributed by atoms with E-state index in [1.165, 1.54) is 0 Å². The highest BCUT2D eigenvalue weighted by Gasteiger charge is 2.31. The van der Waals surface area contributed by atoms with Crippen LogP contribution in [0.4, 0.5) is 18.0 Å². The Balaban J connectivity index is 2.89. The number of ether oxygens (including phenoxy) is 2. The Morgan fingerprint density at radius 2 is 1.74 bits per heavy atom. The number of amides is 1. The van der Waals surface area contributed by atoms with Gasteiger partial charge in [-0.25, -0.2) is 4.79 Å². The third kappa shape index (κ3) is 5.04. The van der Waals surface area contributed by atoms with Gasteiger partial charge in [-0.15, -0.1) is 13.2 Å². The third-order valence-electron chi connectivity index (χ3n) is 1.86. The molecule has 1 amide bonds. The zero-order chi connectivity index (χ0) is 14.6. The molecular weight excluding hydrogens is 291 g/mol. The van der Waals surface area contributed by atoms with E-state index in [-0.39, 0.29) is 5.56 Å². The lowest BCUT2D eigenvalue weighted by Gasteiger charge is -2.13.